The summed E-state index contributed by atoms with van der Waals surface area (Å²) in [5.41, 5.74) is -0.157. The molecular weight excluding hydrogens is 394 g/mol. The Kier molecular flexibility index (Phi) is 5.31. The van der Waals surface area contributed by atoms with Crippen LogP contribution in [-0.2, 0) is 9.53 Å². The highest BCUT2D eigenvalue weighted by atomic mass is 16.6. The predicted molar refractivity (Wildman–Crippen MR) is 118 cm³/mol. The summed E-state index contributed by atoms with van der Waals surface area (Å²) in [4.78, 5) is 31.1. The van der Waals surface area contributed by atoms with Gasteiger partial charge in [0.15, 0.2) is 0 Å². The minimum Gasteiger partial charge on any atom is -0.490 e. The molecule has 1 aliphatic carbocycles. The second-order valence-corrected chi connectivity index (χ2v) is 10.2. The standard InChI is InChI=1S/C24H31N3O4/c1-23(2,3)31-22(29)27-12-16-17(13-27)20(16)21(28)26-24(4,5)14-30-19-10-11-25-18-9-7-6-8-15(18)19/h6-11,16-17,20H,12-14H2,1-5H3,(H,26,28)/t16-,17+,20+. The Balaban J connectivity index is 1.29. The van der Waals surface area contributed by atoms with E-state index in [0.717, 1.165) is 16.7 Å². The van der Waals surface area contributed by atoms with Gasteiger partial charge in [-0.25, -0.2) is 4.79 Å². The summed E-state index contributed by atoms with van der Waals surface area (Å²) in [5, 5.41) is 4.08. The number of carbonyl (C=O) groups is 2. The van der Waals surface area contributed by atoms with Gasteiger partial charge < -0.3 is 19.7 Å². The average Bonchev–Trinajstić information content (AvgIpc) is 3.19. The van der Waals surface area contributed by atoms with Gasteiger partial charge in [0, 0.05) is 30.6 Å². The predicted octanol–water partition coefficient (Wildman–Crippen LogP) is 3.62. The summed E-state index contributed by atoms with van der Waals surface area (Å²) in [5.74, 6) is 1.18. The van der Waals surface area contributed by atoms with Crippen molar-refractivity contribution in [2.75, 3.05) is 19.7 Å². The van der Waals surface area contributed by atoms with E-state index in [1.54, 1.807) is 11.1 Å². The van der Waals surface area contributed by atoms with E-state index in [-0.39, 0.29) is 29.8 Å². The van der Waals surface area contributed by atoms with E-state index in [1.807, 2.05) is 65.0 Å². The van der Waals surface area contributed by atoms with E-state index >= 15 is 0 Å². The van der Waals surface area contributed by atoms with Crippen LogP contribution in [0.15, 0.2) is 36.5 Å². The Hall–Kier alpha value is -2.83. The van der Waals surface area contributed by atoms with Crippen LogP contribution in [0.4, 0.5) is 4.79 Å². The second-order valence-electron chi connectivity index (χ2n) is 10.2. The molecule has 166 valence electrons. The average molecular weight is 426 g/mol. The fourth-order valence-corrected chi connectivity index (χ4v) is 4.30. The van der Waals surface area contributed by atoms with Gasteiger partial charge in [0.2, 0.25) is 5.91 Å². The molecule has 1 saturated heterocycles. The molecule has 1 aromatic heterocycles. The maximum Gasteiger partial charge on any atom is 0.410 e. The van der Waals surface area contributed by atoms with E-state index in [9.17, 15) is 9.59 Å². The van der Waals surface area contributed by atoms with Crippen LogP contribution in [0, 0.1) is 17.8 Å². The smallest absolute Gasteiger partial charge is 0.410 e. The molecule has 2 heterocycles. The molecule has 1 saturated carbocycles. The van der Waals surface area contributed by atoms with E-state index in [0.29, 0.717) is 19.7 Å². The van der Waals surface area contributed by atoms with Gasteiger partial charge in [0.1, 0.15) is 18.0 Å². The third-order valence-corrected chi connectivity index (χ3v) is 5.81. The largest absolute Gasteiger partial charge is 0.490 e. The van der Waals surface area contributed by atoms with Crippen LogP contribution in [0.5, 0.6) is 5.75 Å². The molecule has 31 heavy (non-hydrogen) atoms. The molecule has 7 nitrogen and oxygen atoms in total. The molecule has 1 N–H and O–H groups in total. The summed E-state index contributed by atoms with van der Waals surface area (Å²) in [6.45, 7) is 11.0. The Morgan fingerprint density at radius 3 is 2.45 bits per heavy atom. The fourth-order valence-electron chi connectivity index (χ4n) is 4.30. The number of hydrogen-bond donors (Lipinski definition) is 1. The lowest BCUT2D eigenvalue weighted by Gasteiger charge is -2.28. The number of pyridine rings is 1. The zero-order valence-corrected chi connectivity index (χ0v) is 18.8. The molecule has 0 bridgehead atoms. The van der Waals surface area contributed by atoms with Crippen LogP contribution in [-0.4, -0.2) is 52.7 Å². The normalized spacial score (nSPS) is 22.7. The molecule has 0 radical (unpaired) electrons. The van der Waals surface area contributed by atoms with Crippen molar-refractivity contribution in [3.63, 3.8) is 0 Å². The third-order valence-electron chi connectivity index (χ3n) is 5.81. The lowest BCUT2D eigenvalue weighted by Crippen LogP contribution is -2.49. The van der Waals surface area contributed by atoms with Crippen molar-refractivity contribution in [2.24, 2.45) is 17.8 Å². The van der Waals surface area contributed by atoms with Gasteiger partial charge in [0.05, 0.1) is 11.1 Å². The van der Waals surface area contributed by atoms with Crippen molar-refractivity contribution >= 4 is 22.9 Å². The number of aromatic nitrogens is 1. The van der Waals surface area contributed by atoms with Crippen molar-refractivity contribution in [3.8, 4) is 5.75 Å². The maximum atomic E-state index is 12.9. The minimum absolute atomic E-state index is 0.0343. The quantitative estimate of drug-likeness (QED) is 0.791. The molecule has 4 rings (SSSR count). The lowest BCUT2D eigenvalue weighted by atomic mass is 10.1. The summed E-state index contributed by atoms with van der Waals surface area (Å²) in [6, 6.07) is 9.67. The second kappa shape index (κ2) is 7.70. The number of nitrogens with zero attached hydrogens (tertiary/aromatic N) is 2. The molecular formula is C24H31N3O4. The number of piperidine rings is 1. The van der Waals surface area contributed by atoms with E-state index in [4.69, 9.17) is 9.47 Å². The number of carbonyl (C=O) groups excluding carboxylic acids is 2. The van der Waals surface area contributed by atoms with Crippen molar-refractivity contribution in [1.82, 2.24) is 15.2 Å². The van der Waals surface area contributed by atoms with Crippen LogP contribution in [0.3, 0.4) is 0 Å². The number of nitrogens with one attached hydrogen (secondary N) is 1. The molecule has 3 atom stereocenters. The van der Waals surface area contributed by atoms with Crippen LogP contribution in [0.25, 0.3) is 10.9 Å². The van der Waals surface area contributed by atoms with Gasteiger partial charge in [0.25, 0.3) is 0 Å². The number of ether oxygens (including phenoxy) is 2. The first-order chi connectivity index (χ1) is 14.5. The van der Waals surface area contributed by atoms with Crippen molar-refractivity contribution in [2.45, 2.75) is 45.8 Å². The molecule has 1 aliphatic heterocycles. The Bertz CT molecular complexity index is 980. The van der Waals surface area contributed by atoms with E-state index in [2.05, 4.69) is 10.3 Å². The molecule has 2 aliphatic rings. The van der Waals surface area contributed by atoms with E-state index < -0.39 is 11.1 Å². The number of para-hydroxylation sites is 1. The number of fused-ring (bicyclic) bond motifs is 2. The van der Waals surface area contributed by atoms with Crippen LogP contribution in [0.2, 0.25) is 0 Å². The Morgan fingerprint density at radius 2 is 1.77 bits per heavy atom. The molecule has 1 aromatic carbocycles. The molecule has 2 aromatic rings. The zero-order valence-electron chi connectivity index (χ0n) is 18.8. The van der Waals surface area contributed by atoms with Crippen LogP contribution < -0.4 is 10.1 Å². The van der Waals surface area contributed by atoms with Crippen molar-refractivity contribution in [3.05, 3.63) is 36.5 Å². The number of likely N-dealkylation sites (tertiary alicyclic amines) is 1. The fraction of sp³-hybridized carbons (Fsp3) is 0.542. The SMILES string of the molecule is CC(C)(COc1ccnc2ccccc12)NC(=O)[C@H]1[C@@H]2CN(C(=O)OC(C)(C)C)C[C@@H]21. The van der Waals surface area contributed by atoms with Gasteiger partial charge in [-0.15, -0.1) is 0 Å². The highest BCUT2D eigenvalue weighted by Gasteiger charge is 2.61. The first-order valence-corrected chi connectivity index (χ1v) is 10.8. The zero-order chi connectivity index (χ0) is 22.4. The summed E-state index contributed by atoms with van der Waals surface area (Å²) >= 11 is 0. The van der Waals surface area contributed by atoms with Gasteiger partial charge in [-0.1, -0.05) is 12.1 Å². The molecule has 7 heteroatoms. The molecule has 2 fully saturated rings. The highest BCUT2D eigenvalue weighted by Crippen LogP contribution is 2.52. The van der Waals surface area contributed by atoms with Crippen molar-refractivity contribution < 1.29 is 19.1 Å². The minimum atomic E-state index is -0.525. The number of rotatable bonds is 5. The van der Waals surface area contributed by atoms with Crippen LogP contribution >= 0.6 is 0 Å². The molecule has 0 unspecified atom stereocenters. The summed E-state index contributed by atoms with van der Waals surface area (Å²) in [7, 11) is 0. The third kappa shape index (κ3) is 4.75. The maximum absolute atomic E-state index is 12.9. The number of benzene rings is 1. The molecule has 0 spiro atoms. The van der Waals surface area contributed by atoms with Gasteiger partial charge in [-0.2, -0.15) is 0 Å². The van der Waals surface area contributed by atoms with Crippen molar-refractivity contribution in [1.29, 1.82) is 0 Å². The summed E-state index contributed by atoms with van der Waals surface area (Å²) in [6.07, 6.45) is 1.43. The number of hydrogen-bond acceptors (Lipinski definition) is 5. The van der Waals surface area contributed by atoms with Gasteiger partial charge in [-0.05, 0) is 64.7 Å². The number of amides is 2. The summed E-state index contributed by atoms with van der Waals surface area (Å²) < 4.78 is 11.5. The Labute approximate surface area is 183 Å². The molecule has 2 amide bonds. The van der Waals surface area contributed by atoms with Crippen LogP contribution in [0.1, 0.15) is 34.6 Å². The highest BCUT2D eigenvalue weighted by molar-refractivity contribution is 5.85. The first-order valence-electron chi connectivity index (χ1n) is 10.8. The van der Waals surface area contributed by atoms with E-state index in [1.165, 1.54) is 0 Å². The monoisotopic (exact) mass is 425 g/mol. The van der Waals surface area contributed by atoms with Gasteiger partial charge >= 0.3 is 6.09 Å². The lowest BCUT2D eigenvalue weighted by molar-refractivity contribution is -0.125. The van der Waals surface area contributed by atoms with Gasteiger partial charge in [-0.3, -0.25) is 9.78 Å². The first kappa shape index (κ1) is 21.4. The Morgan fingerprint density at radius 1 is 1.10 bits per heavy atom. The topological polar surface area (TPSA) is 80.8 Å².